The molecule has 0 spiro atoms. The fourth-order valence-electron chi connectivity index (χ4n) is 15.6. The Morgan fingerprint density at radius 3 is 0.790 bits per heavy atom. The number of para-hydroxylation sites is 6. The highest BCUT2D eigenvalue weighted by Gasteiger charge is 2.21. The first-order valence-corrected chi connectivity index (χ1v) is 34.4. The van der Waals surface area contributed by atoms with Gasteiger partial charge in [-0.2, -0.15) is 0 Å². The predicted molar refractivity (Wildman–Crippen MR) is 423 cm³/mol. The zero-order valence-corrected chi connectivity index (χ0v) is 54.7. The van der Waals surface area contributed by atoms with Crippen LogP contribution in [-0.2, 0) is 0 Å². The van der Waals surface area contributed by atoms with E-state index in [0.29, 0.717) is 0 Å². The maximum atomic E-state index is 2.43. The van der Waals surface area contributed by atoms with Gasteiger partial charge in [-0.15, -0.1) is 0 Å². The molecule has 0 N–H and O–H groups in total. The van der Waals surface area contributed by atoms with E-state index in [9.17, 15) is 0 Å². The molecule has 4 nitrogen and oxygen atoms in total. The van der Waals surface area contributed by atoms with Crippen molar-refractivity contribution in [2.45, 2.75) is 0 Å². The highest BCUT2D eigenvalue weighted by Crippen LogP contribution is 2.43. The Morgan fingerprint density at radius 2 is 0.390 bits per heavy atom. The quantitative estimate of drug-likeness (QED) is 0.130. The van der Waals surface area contributed by atoms with Crippen LogP contribution in [0.15, 0.2) is 388 Å². The molecule has 468 valence electrons. The molecule has 4 aromatic heterocycles. The van der Waals surface area contributed by atoms with E-state index < -0.39 is 0 Å². The van der Waals surface area contributed by atoms with Crippen molar-refractivity contribution < 1.29 is 0 Å². The van der Waals surface area contributed by atoms with Crippen molar-refractivity contribution in [3.63, 3.8) is 0 Å². The molecule has 0 unspecified atom stereocenters. The Bertz CT molecular complexity index is 6490. The number of hydrogen-bond donors (Lipinski definition) is 0. The number of hydrogen-bond acceptors (Lipinski definition) is 0. The van der Waals surface area contributed by atoms with Crippen LogP contribution in [-0.4, -0.2) is 18.3 Å². The predicted octanol–water partition coefficient (Wildman–Crippen LogP) is 25.8. The molecular weight excluding hydrogens is 1210 g/mol. The van der Waals surface area contributed by atoms with Crippen LogP contribution in [0.1, 0.15) is 0 Å². The van der Waals surface area contributed by atoms with Crippen LogP contribution < -0.4 is 0 Å². The maximum absolute atomic E-state index is 2.43. The molecule has 4 heterocycles. The SMILES string of the molecule is c1ccc(-c2ccc(-n3c4ccccc4c4cc(-c5ccc6c(c5)c5ccccc5n6-c5ccccc5-c5ccccc5)ccc43)cc2)cc1.c1ccc(-c2cccc(-n3c4ccccc4c4cc(-c5ccc6c(c5)c5ccccc5n6-c5ccccc5-c5ccccc5)ccc43)c2)cc1. The van der Waals surface area contributed by atoms with Gasteiger partial charge in [0, 0.05) is 65.6 Å². The van der Waals surface area contributed by atoms with Gasteiger partial charge in [-0.05, 0) is 165 Å². The molecule has 0 aliphatic carbocycles. The van der Waals surface area contributed by atoms with Crippen LogP contribution in [0.5, 0.6) is 0 Å². The van der Waals surface area contributed by atoms with Crippen molar-refractivity contribution in [1.29, 1.82) is 0 Å². The summed E-state index contributed by atoms with van der Waals surface area (Å²) in [6.07, 6.45) is 0. The molecule has 0 radical (unpaired) electrons. The van der Waals surface area contributed by atoms with Crippen LogP contribution >= 0.6 is 0 Å². The summed E-state index contributed by atoms with van der Waals surface area (Å²) < 4.78 is 9.65. The molecule has 0 aliphatic rings. The highest BCUT2D eigenvalue weighted by atomic mass is 15.0. The molecule has 0 atom stereocenters. The monoisotopic (exact) mass is 1270 g/mol. The Balaban J connectivity index is 0.000000139. The fourth-order valence-corrected chi connectivity index (χ4v) is 15.6. The number of rotatable bonds is 10. The third-order valence-corrected chi connectivity index (χ3v) is 20.3. The zero-order valence-electron chi connectivity index (χ0n) is 54.7. The lowest BCUT2D eigenvalue weighted by Gasteiger charge is -2.14. The summed E-state index contributed by atoms with van der Waals surface area (Å²) in [5, 5.41) is 10.0. The minimum Gasteiger partial charge on any atom is -0.309 e. The molecule has 20 rings (SSSR count). The molecule has 0 bridgehead atoms. The largest absolute Gasteiger partial charge is 0.309 e. The van der Waals surface area contributed by atoms with E-state index in [1.165, 1.54) is 165 Å². The fraction of sp³-hybridized carbons (Fsp3) is 0. The average Bonchev–Trinajstić information content (AvgIpc) is 1.59. The Morgan fingerprint density at radius 1 is 0.130 bits per heavy atom. The first kappa shape index (κ1) is 58.1. The standard InChI is InChI=1S/2C48H32N2/c1-3-14-33(15-4-1)35-18-13-19-38(30-35)49-45-24-11-8-21-40(45)42-31-36(26-28-47(42)49)37-27-29-48-43(32-37)41-22-9-12-25-46(41)50(48)44-23-10-7-20-39(44)34-16-5-2-6-17-34;1-3-13-33(14-4-1)34-23-27-38(28-24-34)49-45-21-11-8-18-40(45)42-31-36(25-29-47(42)49)37-26-30-48-43(32-37)41-19-9-12-22-46(41)50(48)44-20-10-7-17-39(44)35-15-5-2-6-16-35/h2*1-32H. The molecule has 100 heavy (non-hydrogen) atoms. The normalized spacial score (nSPS) is 11.6. The van der Waals surface area contributed by atoms with Crippen molar-refractivity contribution in [2.75, 3.05) is 0 Å². The summed E-state index contributed by atoms with van der Waals surface area (Å²) in [4.78, 5) is 0. The zero-order chi connectivity index (χ0) is 66.0. The van der Waals surface area contributed by atoms with E-state index in [1.807, 2.05) is 0 Å². The van der Waals surface area contributed by atoms with Crippen molar-refractivity contribution >= 4 is 87.2 Å². The van der Waals surface area contributed by atoms with E-state index in [0.717, 1.165) is 11.4 Å². The van der Waals surface area contributed by atoms with Crippen molar-refractivity contribution in [2.24, 2.45) is 0 Å². The van der Waals surface area contributed by atoms with Crippen molar-refractivity contribution in [1.82, 2.24) is 18.3 Å². The summed E-state index contributed by atoms with van der Waals surface area (Å²) in [5.74, 6) is 0. The number of benzene rings is 16. The molecular formula is C96H64N4. The highest BCUT2D eigenvalue weighted by molar-refractivity contribution is 6.15. The lowest BCUT2D eigenvalue weighted by Crippen LogP contribution is -1.97. The lowest BCUT2D eigenvalue weighted by atomic mass is 10.0. The van der Waals surface area contributed by atoms with Crippen molar-refractivity contribution in [3.8, 4) is 89.5 Å². The first-order valence-electron chi connectivity index (χ1n) is 34.4. The van der Waals surface area contributed by atoms with Crippen LogP contribution in [0.4, 0.5) is 0 Å². The van der Waals surface area contributed by atoms with E-state index >= 15 is 0 Å². The van der Waals surface area contributed by atoms with E-state index in [1.54, 1.807) is 0 Å². The summed E-state index contributed by atoms with van der Waals surface area (Å²) in [6.45, 7) is 0. The van der Waals surface area contributed by atoms with E-state index in [4.69, 9.17) is 0 Å². The van der Waals surface area contributed by atoms with Gasteiger partial charge in [-0.25, -0.2) is 0 Å². The summed E-state index contributed by atoms with van der Waals surface area (Å²) in [6, 6.07) is 141. The minimum absolute atomic E-state index is 1.16. The van der Waals surface area contributed by atoms with Crippen LogP contribution in [0.2, 0.25) is 0 Å². The number of aromatic nitrogens is 4. The average molecular weight is 1270 g/mol. The van der Waals surface area contributed by atoms with Gasteiger partial charge in [0.05, 0.1) is 55.5 Å². The van der Waals surface area contributed by atoms with Gasteiger partial charge in [0.25, 0.3) is 0 Å². The Kier molecular flexibility index (Phi) is 14.2. The molecule has 0 saturated carbocycles. The van der Waals surface area contributed by atoms with Gasteiger partial charge in [0.2, 0.25) is 0 Å². The molecule has 4 heteroatoms. The third kappa shape index (κ3) is 9.92. The molecule has 16 aromatic carbocycles. The van der Waals surface area contributed by atoms with Gasteiger partial charge in [0.15, 0.2) is 0 Å². The molecule has 0 amide bonds. The second-order valence-electron chi connectivity index (χ2n) is 25.9. The molecule has 0 fully saturated rings. The van der Waals surface area contributed by atoms with E-state index in [2.05, 4.69) is 407 Å². The Labute approximate surface area is 579 Å². The van der Waals surface area contributed by atoms with Crippen LogP contribution in [0, 0.1) is 0 Å². The second-order valence-corrected chi connectivity index (χ2v) is 25.9. The first-order chi connectivity index (χ1) is 49.6. The van der Waals surface area contributed by atoms with Crippen molar-refractivity contribution in [3.05, 3.63) is 388 Å². The Hall–Kier alpha value is -13.3. The van der Waals surface area contributed by atoms with Gasteiger partial charge in [-0.1, -0.05) is 279 Å². The summed E-state index contributed by atoms with van der Waals surface area (Å²) in [7, 11) is 0. The van der Waals surface area contributed by atoms with Gasteiger partial charge in [-0.3, -0.25) is 0 Å². The lowest BCUT2D eigenvalue weighted by molar-refractivity contribution is 1.18. The summed E-state index contributed by atoms with van der Waals surface area (Å²) in [5.41, 5.74) is 28.9. The third-order valence-electron chi connectivity index (χ3n) is 20.3. The molecule has 0 saturated heterocycles. The van der Waals surface area contributed by atoms with Gasteiger partial charge in [0.1, 0.15) is 0 Å². The topological polar surface area (TPSA) is 19.7 Å². The smallest absolute Gasteiger partial charge is 0.0541 e. The van der Waals surface area contributed by atoms with Crippen LogP contribution in [0.3, 0.4) is 0 Å². The van der Waals surface area contributed by atoms with Crippen LogP contribution in [0.25, 0.3) is 177 Å². The van der Waals surface area contributed by atoms with Gasteiger partial charge >= 0.3 is 0 Å². The van der Waals surface area contributed by atoms with Gasteiger partial charge < -0.3 is 18.3 Å². The minimum atomic E-state index is 1.16. The summed E-state index contributed by atoms with van der Waals surface area (Å²) >= 11 is 0. The maximum Gasteiger partial charge on any atom is 0.0541 e. The van der Waals surface area contributed by atoms with E-state index in [-0.39, 0.29) is 0 Å². The number of fused-ring (bicyclic) bond motifs is 12. The molecule has 0 aliphatic heterocycles. The second kappa shape index (κ2) is 24.4. The molecule has 20 aromatic rings. The number of nitrogens with zero attached hydrogens (tertiary/aromatic N) is 4.